The Balaban J connectivity index is 1.60. The van der Waals surface area contributed by atoms with E-state index in [2.05, 4.69) is 36.3 Å². The van der Waals surface area contributed by atoms with E-state index in [1.165, 1.54) is 24.3 Å². The van der Waals surface area contributed by atoms with E-state index in [0.29, 0.717) is 29.0 Å². The van der Waals surface area contributed by atoms with Gasteiger partial charge in [-0.05, 0) is 73.9 Å². The van der Waals surface area contributed by atoms with Crippen LogP contribution in [0, 0.1) is 6.92 Å². The molecule has 0 spiro atoms. The summed E-state index contributed by atoms with van der Waals surface area (Å²) < 4.78 is 47.1. The van der Waals surface area contributed by atoms with Crippen LogP contribution in [0.2, 0.25) is 0 Å². The van der Waals surface area contributed by atoms with Gasteiger partial charge in [-0.1, -0.05) is 36.4 Å². The van der Waals surface area contributed by atoms with E-state index in [9.17, 15) is 16.8 Å². The number of hydrazone groups is 2. The maximum atomic E-state index is 11.8. The van der Waals surface area contributed by atoms with Crippen molar-refractivity contribution in [2.24, 2.45) is 10.2 Å². The monoisotopic (exact) mass is 605 g/mol. The summed E-state index contributed by atoms with van der Waals surface area (Å²) in [6.45, 7) is 5.56. The molecule has 13 heteroatoms. The summed E-state index contributed by atoms with van der Waals surface area (Å²) >= 11 is 0. The number of rotatable bonds is 10. The number of nitrogens with one attached hydrogen (secondary N) is 3. The highest BCUT2D eigenvalue weighted by Crippen LogP contribution is 2.20. The normalized spacial score (nSPS) is 12.6. The van der Waals surface area contributed by atoms with Gasteiger partial charge in [0.15, 0.2) is 31.3 Å². The number of nitrogens with zero attached hydrogens (tertiary/aromatic N) is 4. The molecule has 0 unspecified atom stereocenters. The first kappa shape index (κ1) is 30.3. The zero-order chi connectivity index (χ0) is 30.5. The SMILES string of the molecule is CC(=NNc1cc(NN=C(C)c2ccc(S(C)(=O)=O)cc2)nc(Nc2cccc(C)c2)n1)c1ccc(S(C)(=O)=O)cc1. The first-order valence-electron chi connectivity index (χ1n) is 12.7. The Labute approximate surface area is 245 Å². The lowest BCUT2D eigenvalue weighted by atomic mass is 10.1. The molecule has 1 aromatic heterocycles. The van der Waals surface area contributed by atoms with E-state index in [4.69, 9.17) is 0 Å². The van der Waals surface area contributed by atoms with Crippen LogP contribution in [0.5, 0.6) is 0 Å². The van der Waals surface area contributed by atoms with E-state index in [1.54, 1.807) is 44.2 Å². The van der Waals surface area contributed by atoms with Gasteiger partial charge in [-0.2, -0.15) is 20.2 Å². The molecule has 1 heterocycles. The van der Waals surface area contributed by atoms with Gasteiger partial charge >= 0.3 is 0 Å². The summed E-state index contributed by atoms with van der Waals surface area (Å²) in [6, 6.07) is 22.3. The predicted octanol–water partition coefficient (Wildman–Crippen LogP) is 5.01. The quantitative estimate of drug-likeness (QED) is 0.167. The van der Waals surface area contributed by atoms with Crippen molar-refractivity contribution < 1.29 is 16.8 Å². The van der Waals surface area contributed by atoms with Crippen LogP contribution in [0.3, 0.4) is 0 Å². The molecule has 0 atom stereocenters. The zero-order valence-electron chi connectivity index (χ0n) is 23.7. The van der Waals surface area contributed by atoms with Crippen LogP contribution < -0.4 is 16.2 Å². The average molecular weight is 606 g/mol. The van der Waals surface area contributed by atoms with Gasteiger partial charge in [0.25, 0.3) is 0 Å². The van der Waals surface area contributed by atoms with Crippen LogP contribution in [0.1, 0.15) is 30.5 Å². The minimum atomic E-state index is -3.30. The predicted molar refractivity (Wildman–Crippen MR) is 167 cm³/mol. The molecule has 42 heavy (non-hydrogen) atoms. The van der Waals surface area contributed by atoms with Crippen LogP contribution in [0.15, 0.2) is 98.9 Å². The molecule has 0 aliphatic heterocycles. The Morgan fingerprint density at radius 1 is 0.667 bits per heavy atom. The summed E-state index contributed by atoms with van der Waals surface area (Å²) in [6.07, 6.45) is 2.32. The van der Waals surface area contributed by atoms with Crippen LogP contribution in [0.25, 0.3) is 0 Å². The van der Waals surface area contributed by atoms with Crippen LogP contribution in [-0.4, -0.2) is 50.7 Å². The second kappa shape index (κ2) is 12.5. The molecular weight excluding hydrogens is 574 g/mol. The molecule has 4 aromatic rings. The van der Waals surface area contributed by atoms with Gasteiger partial charge in [0, 0.05) is 24.3 Å². The average Bonchev–Trinajstić information content (AvgIpc) is 2.94. The van der Waals surface area contributed by atoms with E-state index in [1.807, 2.05) is 31.2 Å². The largest absolute Gasteiger partial charge is 0.324 e. The van der Waals surface area contributed by atoms with Crippen molar-refractivity contribution in [3.63, 3.8) is 0 Å². The van der Waals surface area contributed by atoms with Crippen molar-refractivity contribution in [1.29, 1.82) is 0 Å². The molecule has 3 N–H and O–H groups in total. The third-order valence-corrected chi connectivity index (χ3v) is 8.33. The molecule has 0 radical (unpaired) electrons. The van der Waals surface area contributed by atoms with Gasteiger partial charge in [-0.25, -0.2) is 16.8 Å². The fourth-order valence-corrected chi connectivity index (χ4v) is 5.03. The van der Waals surface area contributed by atoms with Gasteiger partial charge in [-0.3, -0.25) is 10.9 Å². The third kappa shape index (κ3) is 8.21. The molecule has 0 aliphatic carbocycles. The Hall–Kier alpha value is -4.62. The third-order valence-electron chi connectivity index (χ3n) is 6.08. The lowest BCUT2D eigenvalue weighted by Crippen LogP contribution is -2.07. The number of benzene rings is 3. The number of anilines is 4. The summed E-state index contributed by atoms with van der Waals surface area (Å²) in [7, 11) is -6.59. The first-order valence-corrected chi connectivity index (χ1v) is 16.5. The van der Waals surface area contributed by atoms with Gasteiger partial charge in [0.05, 0.1) is 21.2 Å². The number of aryl methyl sites for hydroxylation is 1. The van der Waals surface area contributed by atoms with Crippen molar-refractivity contribution in [2.45, 2.75) is 30.6 Å². The fraction of sp³-hybridized carbons (Fsp3) is 0.172. The van der Waals surface area contributed by atoms with Gasteiger partial charge in [-0.15, -0.1) is 0 Å². The highest BCUT2D eigenvalue weighted by atomic mass is 32.2. The number of hydrogen-bond donors (Lipinski definition) is 3. The van der Waals surface area contributed by atoms with E-state index in [0.717, 1.165) is 34.9 Å². The second-order valence-corrected chi connectivity index (χ2v) is 13.7. The van der Waals surface area contributed by atoms with Gasteiger partial charge < -0.3 is 5.32 Å². The molecule has 0 amide bonds. The lowest BCUT2D eigenvalue weighted by Gasteiger charge is -2.11. The minimum Gasteiger partial charge on any atom is -0.324 e. The molecule has 218 valence electrons. The van der Waals surface area contributed by atoms with Crippen molar-refractivity contribution in [3.05, 3.63) is 95.6 Å². The number of hydrogen-bond acceptors (Lipinski definition) is 11. The number of aromatic nitrogens is 2. The molecule has 11 nitrogen and oxygen atoms in total. The molecule has 0 fully saturated rings. The Kier molecular flexibility index (Phi) is 9.02. The maximum Gasteiger partial charge on any atom is 0.231 e. The van der Waals surface area contributed by atoms with Crippen molar-refractivity contribution in [2.75, 3.05) is 28.7 Å². The number of sulfone groups is 2. The maximum absolute atomic E-state index is 11.8. The lowest BCUT2D eigenvalue weighted by molar-refractivity contribution is 0.600. The van der Waals surface area contributed by atoms with E-state index in [-0.39, 0.29) is 9.79 Å². The highest BCUT2D eigenvalue weighted by Gasteiger charge is 2.10. The fourth-order valence-electron chi connectivity index (χ4n) is 3.77. The Morgan fingerprint density at radius 2 is 1.12 bits per heavy atom. The Morgan fingerprint density at radius 3 is 1.52 bits per heavy atom. The van der Waals surface area contributed by atoms with Crippen molar-refractivity contribution >= 4 is 54.4 Å². The molecule has 0 aliphatic rings. The second-order valence-electron chi connectivity index (χ2n) is 9.67. The molecule has 4 rings (SSSR count). The smallest absolute Gasteiger partial charge is 0.231 e. The summed E-state index contributed by atoms with van der Waals surface area (Å²) in [4.78, 5) is 9.51. The topological polar surface area (TPSA) is 155 Å². The first-order chi connectivity index (χ1) is 19.8. The molecule has 0 bridgehead atoms. The van der Waals surface area contributed by atoms with Crippen molar-refractivity contribution in [1.82, 2.24) is 9.97 Å². The van der Waals surface area contributed by atoms with Gasteiger partial charge in [0.1, 0.15) is 0 Å². The molecule has 0 saturated heterocycles. The Bertz CT molecular complexity index is 1760. The zero-order valence-corrected chi connectivity index (χ0v) is 25.4. The highest BCUT2D eigenvalue weighted by molar-refractivity contribution is 7.91. The summed E-state index contributed by atoms with van der Waals surface area (Å²) in [5.41, 5.74) is 10.4. The molecule has 3 aromatic carbocycles. The summed E-state index contributed by atoms with van der Waals surface area (Å²) in [5, 5.41) is 12.0. The van der Waals surface area contributed by atoms with Crippen LogP contribution in [-0.2, 0) is 19.7 Å². The standard InChI is InChI=1S/C29H31N7O4S2/c1-19-7-6-8-24(17-19)30-29-31-27(35-33-20(2)22-9-13-25(14-10-22)41(4,37)38)18-28(32-29)36-34-21(3)23-11-15-26(16-12-23)42(5,39)40/h6-18H,1-5H3,(H3,30,31,32,35,36). The van der Waals surface area contributed by atoms with Gasteiger partial charge in [0.2, 0.25) is 5.95 Å². The molecule has 0 saturated carbocycles. The van der Waals surface area contributed by atoms with E-state index < -0.39 is 19.7 Å². The van der Waals surface area contributed by atoms with Crippen molar-refractivity contribution in [3.8, 4) is 0 Å². The minimum absolute atomic E-state index is 0.229. The van der Waals surface area contributed by atoms with Crippen LogP contribution >= 0.6 is 0 Å². The molecular formula is C29H31N7O4S2. The van der Waals surface area contributed by atoms with E-state index >= 15 is 0 Å². The van der Waals surface area contributed by atoms with Crippen LogP contribution in [0.4, 0.5) is 23.3 Å². The summed E-state index contributed by atoms with van der Waals surface area (Å²) in [5.74, 6) is 1.05.